The number of aromatic nitrogens is 2. The Morgan fingerprint density at radius 2 is 1.59 bits per heavy atom. The molecule has 16 heteroatoms. The lowest BCUT2D eigenvalue weighted by Gasteiger charge is -2.24. The number of rotatable bonds is 15. The highest BCUT2D eigenvalue weighted by Gasteiger charge is 2.31. The molecule has 10 N–H and O–H groups in total. The fraction of sp³-hybridized carbons (Fsp3) is 0.500. The van der Waals surface area contributed by atoms with Crippen LogP contribution in [0, 0.1) is 0 Å². The number of aliphatic carboxylic acids is 2. The molecule has 0 aromatic carbocycles. The molecule has 34 heavy (non-hydrogen) atoms. The molecule has 0 bridgehead atoms. The van der Waals surface area contributed by atoms with E-state index in [1.807, 2.05) is 0 Å². The summed E-state index contributed by atoms with van der Waals surface area (Å²) < 4.78 is 0. The smallest absolute Gasteiger partial charge is 0.326 e. The van der Waals surface area contributed by atoms with Crippen LogP contribution >= 0.6 is 12.6 Å². The first-order chi connectivity index (χ1) is 15.9. The molecule has 1 rings (SSSR count). The Balaban J connectivity index is 3.06. The third-order valence-electron chi connectivity index (χ3n) is 4.45. The fourth-order valence-electron chi connectivity index (χ4n) is 2.66. The summed E-state index contributed by atoms with van der Waals surface area (Å²) in [5.74, 6) is -6.47. The minimum Gasteiger partial charge on any atom is -0.481 e. The molecular formula is C18H27N7O8S. The number of carbonyl (C=O) groups excluding carboxylic acids is 4. The van der Waals surface area contributed by atoms with Crippen LogP contribution in [0.5, 0.6) is 0 Å². The summed E-state index contributed by atoms with van der Waals surface area (Å²) in [4.78, 5) is 77.7. The summed E-state index contributed by atoms with van der Waals surface area (Å²) in [5.41, 5.74) is 10.9. The number of aromatic amines is 1. The van der Waals surface area contributed by atoms with E-state index in [9.17, 15) is 33.9 Å². The molecule has 0 radical (unpaired) electrons. The van der Waals surface area contributed by atoms with Crippen LogP contribution in [0.25, 0.3) is 0 Å². The van der Waals surface area contributed by atoms with Crippen LogP contribution < -0.4 is 27.4 Å². The van der Waals surface area contributed by atoms with E-state index < -0.39 is 66.2 Å². The number of thiol groups is 1. The molecule has 1 aromatic rings. The van der Waals surface area contributed by atoms with E-state index in [2.05, 4.69) is 38.5 Å². The van der Waals surface area contributed by atoms with E-state index in [0.717, 1.165) is 0 Å². The first kappa shape index (κ1) is 28.4. The Labute approximate surface area is 198 Å². The standard InChI is InChI=1S/C18H27N7O8S/c19-9(6-34)15(29)24-12(4-14(27)28)17(31)25-11(3-8-5-21-7-22-8)16(30)23-10(18(32)33)1-2-13(20)26/h5,7,9-12,34H,1-4,6,19H2,(H2,20,26)(H,21,22)(H,23,30)(H,24,29)(H,25,31)(H,27,28)(H,32,33). The quantitative estimate of drug-likeness (QED) is 0.107. The van der Waals surface area contributed by atoms with E-state index in [4.69, 9.17) is 16.6 Å². The fourth-order valence-corrected chi connectivity index (χ4v) is 2.83. The van der Waals surface area contributed by atoms with Crippen molar-refractivity contribution in [2.45, 2.75) is 49.9 Å². The van der Waals surface area contributed by atoms with E-state index >= 15 is 0 Å². The van der Waals surface area contributed by atoms with Gasteiger partial charge in [-0.15, -0.1) is 0 Å². The number of amides is 4. The van der Waals surface area contributed by atoms with Gasteiger partial charge in [0.15, 0.2) is 0 Å². The maximum Gasteiger partial charge on any atom is 0.326 e. The van der Waals surface area contributed by atoms with Gasteiger partial charge in [0, 0.05) is 30.5 Å². The van der Waals surface area contributed by atoms with Gasteiger partial charge in [0.1, 0.15) is 18.1 Å². The van der Waals surface area contributed by atoms with Crippen molar-refractivity contribution in [2.75, 3.05) is 5.75 Å². The van der Waals surface area contributed by atoms with E-state index in [1.165, 1.54) is 12.5 Å². The first-order valence-electron chi connectivity index (χ1n) is 9.92. The third kappa shape index (κ3) is 9.86. The molecule has 0 saturated carbocycles. The van der Waals surface area contributed by atoms with Gasteiger partial charge < -0.3 is 42.6 Å². The number of H-pyrrole nitrogens is 1. The molecule has 0 aliphatic heterocycles. The lowest BCUT2D eigenvalue weighted by Crippen LogP contribution is -2.58. The molecule has 1 heterocycles. The van der Waals surface area contributed by atoms with Crippen molar-refractivity contribution < 1.29 is 39.0 Å². The van der Waals surface area contributed by atoms with E-state index in [-0.39, 0.29) is 25.0 Å². The second kappa shape index (κ2) is 13.8. The van der Waals surface area contributed by atoms with Crippen molar-refractivity contribution in [2.24, 2.45) is 11.5 Å². The second-order valence-electron chi connectivity index (χ2n) is 7.19. The van der Waals surface area contributed by atoms with E-state index in [1.54, 1.807) is 0 Å². The summed E-state index contributed by atoms with van der Waals surface area (Å²) in [6.07, 6.45) is 1.07. The Morgan fingerprint density at radius 3 is 2.09 bits per heavy atom. The van der Waals surface area contributed by atoms with Crippen LogP contribution in [0.1, 0.15) is 25.0 Å². The Morgan fingerprint density at radius 1 is 1.00 bits per heavy atom. The molecule has 0 saturated heterocycles. The Kier molecular flexibility index (Phi) is 11.5. The highest BCUT2D eigenvalue weighted by atomic mass is 32.1. The molecule has 1 aromatic heterocycles. The van der Waals surface area contributed by atoms with Crippen LogP contribution in [0.4, 0.5) is 0 Å². The number of carbonyl (C=O) groups is 6. The average molecular weight is 502 g/mol. The van der Waals surface area contributed by atoms with Crippen LogP contribution in [0.3, 0.4) is 0 Å². The van der Waals surface area contributed by atoms with Gasteiger partial charge in [0.05, 0.1) is 18.8 Å². The predicted molar refractivity (Wildman–Crippen MR) is 118 cm³/mol. The van der Waals surface area contributed by atoms with Crippen LogP contribution in [-0.4, -0.2) is 85.7 Å². The number of carboxylic acids is 2. The number of carboxylic acid groups (broad SMARTS) is 2. The van der Waals surface area contributed by atoms with Crippen LogP contribution in [-0.2, 0) is 35.2 Å². The summed E-state index contributed by atoms with van der Waals surface area (Å²) in [6.45, 7) is 0. The zero-order chi connectivity index (χ0) is 25.8. The van der Waals surface area contributed by atoms with Gasteiger partial charge in [0.25, 0.3) is 0 Å². The topological polar surface area (TPSA) is 260 Å². The van der Waals surface area contributed by atoms with Crippen molar-refractivity contribution in [1.82, 2.24) is 25.9 Å². The number of imidazole rings is 1. The average Bonchev–Trinajstić information content (AvgIpc) is 3.27. The van der Waals surface area contributed by atoms with Crippen molar-refractivity contribution >= 4 is 48.2 Å². The predicted octanol–water partition coefficient (Wildman–Crippen LogP) is -3.51. The van der Waals surface area contributed by atoms with Crippen molar-refractivity contribution in [3.8, 4) is 0 Å². The monoisotopic (exact) mass is 501 g/mol. The van der Waals surface area contributed by atoms with Crippen molar-refractivity contribution in [1.29, 1.82) is 0 Å². The molecule has 0 fully saturated rings. The van der Waals surface area contributed by atoms with Gasteiger partial charge in [-0.25, -0.2) is 9.78 Å². The maximum absolute atomic E-state index is 12.8. The Bertz CT molecular complexity index is 895. The van der Waals surface area contributed by atoms with Crippen LogP contribution in [0.2, 0.25) is 0 Å². The molecular weight excluding hydrogens is 474 g/mol. The SMILES string of the molecule is NC(=O)CCC(NC(=O)C(Cc1cnc[nH]1)NC(=O)C(CC(=O)O)NC(=O)C(N)CS)C(=O)O. The molecule has 0 aliphatic rings. The number of hydrogen-bond donors (Lipinski definition) is 9. The number of primary amides is 1. The van der Waals surface area contributed by atoms with E-state index in [0.29, 0.717) is 5.69 Å². The number of nitrogens with one attached hydrogen (secondary N) is 4. The summed E-state index contributed by atoms with van der Waals surface area (Å²) in [6, 6.07) is -5.57. The highest BCUT2D eigenvalue weighted by Crippen LogP contribution is 2.05. The van der Waals surface area contributed by atoms with Gasteiger partial charge >= 0.3 is 11.9 Å². The van der Waals surface area contributed by atoms with Gasteiger partial charge in [-0.2, -0.15) is 12.6 Å². The minimum absolute atomic E-state index is 0.0695. The third-order valence-corrected chi connectivity index (χ3v) is 4.84. The largest absolute Gasteiger partial charge is 0.481 e. The highest BCUT2D eigenvalue weighted by molar-refractivity contribution is 7.80. The molecule has 188 valence electrons. The van der Waals surface area contributed by atoms with Crippen molar-refractivity contribution in [3.63, 3.8) is 0 Å². The summed E-state index contributed by atoms with van der Waals surface area (Å²) in [5, 5.41) is 25.1. The minimum atomic E-state index is -1.59. The van der Waals surface area contributed by atoms with Crippen LogP contribution in [0.15, 0.2) is 12.5 Å². The summed E-state index contributed by atoms with van der Waals surface area (Å²) in [7, 11) is 0. The van der Waals surface area contributed by atoms with Crippen molar-refractivity contribution in [3.05, 3.63) is 18.2 Å². The zero-order valence-electron chi connectivity index (χ0n) is 17.9. The number of hydrogen-bond acceptors (Lipinski definition) is 9. The number of nitrogens with zero attached hydrogens (tertiary/aromatic N) is 1. The lowest BCUT2D eigenvalue weighted by atomic mass is 10.1. The summed E-state index contributed by atoms with van der Waals surface area (Å²) >= 11 is 3.87. The molecule has 0 aliphatic carbocycles. The molecule has 4 unspecified atom stereocenters. The normalized spacial score (nSPS) is 14.2. The zero-order valence-corrected chi connectivity index (χ0v) is 18.8. The number of nitrogens with two attached hydrogens (primary N) is 2. The first-order valence-corrected chi connectivity index (χ1v) is 10.6. The molecule has 4 amide bonds. The Hall–Kier alpha value is -3.66. The second-order valence-corrected chi connectivity index (χ2v) is 7.56. The van der Waals surface area contributed by atoms with Gasteiger partial charge in [-0.05, 0) is 6.42 Å². The molecule has 4 atom stereocenters. The molecule has 15 nitrogen and oxygen atoms in total. The maximum atomic E-state index is 12.8. The lowest BCUT2D eigenvalue weighted by molar-refractivity contribution is -0.143. The van der Waals surface area contributed by atoms with Gasteiger partial charge in [-0.1, -0.05) is 0 Å². The molecule has 0 spiro atoms. The van der Waals surface area contributed by atoms with Gasteiger partial charge in [0.2, 0.25) is 23.6 Å². The van der Waals surface area contributed by atoms with Gasteiger partial charge in [-0.3, -0.25) is 24.0 Å².